The van der Waals surface area contributed by atoms with Crippen LogP contribution in [-0.2, 0) is 21.4 Å². The Kier molecular flexibility index (Phi) is 8.13. The molecule has 1 amide bonds. The zero-order chi connectivity index (χ0) is 26.4. The van der Waals surface area contributed by atoms with Gasteiger partial charge in [0.05, 0.1) is 17.1 Å². The highest BCUT2D eigenvalue weighted by molar-refractivity contribution is 7.89. The molecule has 4 rings (SSSR count). The first-order valence-electron chi connectivity index (χ1n) is 11.2. The van der Waals surface area contributed by atoms with Crippen LogP contribution < -0.4 is 5.32 Å². The van der Waals surface area contributed by atoms with Crippen molar-refractivity contribution in [3.05, 3.63) is 131 Å². The Balaban J connectivity index is 1.62. The smallest absolute Gasteiger partial charge is 0.243 e. The van der Waals surface area contributed by atoms with E-state index in [4.69, 9.17) is 11.6 Å². The minimum atomic E-state index is -4.08. The van der Waals surface area contributed by atoms with E-state index in [0.29, 0.717) is 16.1 Å². The molecule has 0 aromatic heterocycles. The quantitative estimate of drug-likeness (QED) is 0.285. The van der Waals surface area contributed by atoms with Gasteiger partial charge in [-0.2, -0.15) is 4.31 Å². The van der Waals surface area contributed by atoms with E-state index in [0.717, 1.165) is 4.31 Å². The number of hydrogen-bond donors (Lipinski definition) is 1. The van der Waals surface area contributed by atoms with E-state index >= 15 is 0 Å². The number of carbonyl (C=O) groups is 2. The van der Waals surface area contributed by atoms with E-state index in [2.05, 4.69) is 5.32 Å². The molecular formula is C28H22ClFN2O4S. The first-order valence-corrected chi connectivity index (χ1v) is 13.0. The molecule has 6 nitrogen and oxygen atoms in total. The van der Waals surface area contributed by atoms with E-state index in [1.807, 2.05) is 0 Å². The van der Waals surface area contributed by atoms with Gasteiger partial charge in [-0.1, -0.05) is 72.3 Å². The van der Waals surface area contributed by atoms with E-state index < -0.39 is 28.3 Å². The van der Waals surface area contributed by atoms with Crippen LogP contribution in [0.1, 0.15) is 21.5 Å². The monoisotopic (exact) mass is 536 g/mol. The molecule has 4 aromatic carbocycles. The lowest BCUT2D eigenvalue weighted by molar-refractivity contribution is -0.116. The summed E-state index contributed by atoms with van der Waals surface area (Å²) in [5, 5.41) is 2.96. The van der Waals surface area contributed by atoms with Crippen molar-refractivity contribution in [1.82, 2.24) is 4.31 Å². The fourth-order valence-corrected chi connectivity index (χ4v) is 5.25. The molecule has 0 atom stereocenters. The average Bonchev–Trinajstić information content (AvgIpc) is 2.91. The average molecular weight is 537 g/mol. The van der Waals surface area contributed by atoms with E-state index in [1.54, 1.807) is 48.5 Å². The highest BCUT2D eigenvalue weighted by Crippen LogP contribution is 2.25. The molecule has 0 aliphatic heterocycles. The van der Waals surface area contributed by atoms with Gasteiger partial charge in [-0.3, -0.25) is 9.59 Å². The van der Waals surface area contributed by atoms with Crippen molar-refractivity contribution in [1.29, 1.82) is 0 Å². The summed E-state index contributed by atoms with van der Waals surface area (Å²) in [6.45, 7) is -0.711. The fourth-order valence-electron chi connectivity index (χ4n) is 3.67. The molecular weight excluding hydrogens is 515 g/mol. The summed E-state index contributed by atoms with van der Waals surface area (Å²) in [4.78, 5) is 26.2. The van der Waals surface area contributed by atoms with Gasteiger partial charge in [0.2, 0.25) is 15.9 Å². The fraction of sp³-hybridized carbons (Fsp3) is 0.0714. The molecule has 0 bridgehead atoms. The lowest BCUT2D eigenvalue weighted by Gasteiger charge is -2.22. The molecule has 0 spiro atoms. The summed E-state index contributed by atoms with van der Waals surface area (Å²) in [5.41, 5.74) is 1.27. The number of nitrogens with one attached hydrogen (secondary N) is 1. The number of carbonyl (C=O) groups excluding carboxylic acids is 2. The highest BCUT2D eigenvalue weighted by Gasteiger charge is 2.27. The third-order valence-electron chi connectivity index (χ3n) is 5.51. The topological polar surface area (TPSA) is 83.6 Å². The first kappa shape index (κ1) is 26.2. The second kappa shape index (κ2) is 11.5. The number of ketones is 1. The zero-order valence-corrected chi connectivity index (χ0v) is 21.0. The molecule has 0 aliphatic rings. The number of nitrogens with zero attached hydrogens (tertiary/aromatic N) is 1. The summed E-state index contributed by atoms with van der Waals surface area (Å²) in [6, 6.07) is 26.0. The van der Waals surface area contributed by atoms with Crippen molar-refractivity contribution in [2.45, 2.75) is 11.4 Å². The Labute approximate surface area is 219 Å². The third kappa shape index (κ3) is 6.48. The van der Waals surface area contributed by atoms with Crippen LogP contribution in [0.3, 0.4) is 0 Å². The lowest BCUT2D eigenvalue weighted by Crippen LogP contribution is -2.37. The second-order valence-corrected chi connectivity index (χ2v) is 10.5. The van der Waals surface area contributed by atoms with Gasteiger partial charge in [0, 0.05) is 22.7 Å². The second-order valence-electron chi connectivity index (χ2n) is 8.15. The molecule has 188 valence electrons. The number of halogens is 2. The molecule has 0 saturated carbocycles. The minimum Gasteiger partial charge on any atom is -0.324 e. The Morgan fingerprint density at radius 3 is 2.11 bits per heavy atom. The molecule has 0 radical (unpaired) electrons. The van der Waals surface area contributed by atoms with Crippen LogP contribution >= 0.6 is 11.6 Å². The molecule has 0 fully saturated rings. The van der Waals surface area contributed by atoms with Crippen LogP contribution in [-0.4, -0.2) is 31.0 Å². The molecule has 4 aromatic rings. The Morgan fingerprint density at radius 1 is 0.838 bits per heavy atom. The summed E-state index contributed by atoms with van der Waals surface area (Å²) in [5.74, 6) is -1.47. The number of hydrogen-bond acceptors (Lipinski definition) is 4. The van der Waals surface area contributed by atoms with Crippen LogP contribution in [0.5, 0.6) is 0 Å². The van der Waals surface area contributed by atoms with Crippen LogP contribution in [0.25, 0.3) is 0 Å². The van der Waals surface area contributed by atoms with Crippen LogP contribution in [0.15, 0.2) is 108 Å². The molecule has 0 unspecified atom stereocenters. The summed E-state index contributed by atoms with van der Waals surface area (Å²) in [6.07, 6.45) is 0. The summed E-state index contributed by atoms with van der Waals surface area (Å²) in [7, 11) is -4.08. The predicted molar refractivity (Wildman–Crippen MR) is 140 cm³/mol. The van der Waals surface area contributed by atoms with E-state index in [9.17, 15) is 22.4 Å². The highest BCUT2D eigenvalue weighted by atomic mass is 35.5. The van der Waals surface area contributed by atoms with Gasteiger partial charge in [-0.15, -0.1) is 0 Å². The molecule has 0 aliphatic carbocycles. The predicted octanol–water partition coefficient (Wildman–Crippen LogP) is 5.54. The Hall–Kier alpha value is -3.85. The van der Waals surface area contributed by atoms with Crippen molar-refractivity contribution in [2.75, 3.05) is 11.9 Å². The van der Waals surface area contributed by atoms with Gasteiger partial charge in [-0.05, 0) is 48.0 Å². The summed E-state index contributed by atoms with van der Waals surface area (Å²) < 4.78 is 41.2. The summed E-state index contributed by atoms with van der Waals surface area (Å²) >= 11 is 6.12. The number of amides is 1. The normalized spacial score (nSPS) is 11.3. The maximum atomic E-state index is 13.4. The molecule has 0 heterocycles. The minimum absolute atomic E-state index is 0.0105. The van der Waals surface area contributed by atoms with Crippen LogP contribution in [0.4, 0.5) is 10.1 Å². The van der Waals surface area contributed by atoms with Crippen molar-refractivity contribution in [3.8, 4) is 0 Å². The maximum Gasteiger partial charge on any atom is 0.243 e. The number of benzene rings is 4. The van der Waals surface area contributed by atoms with Gasteiger partial charge in [0.25, 0.3) is 0 Å². The Bertz CT molecular complexity index is 1510. The number of rotatable bonds is 9. The van der Waals surface area contributed by atoms with Crippen molar-refractivity contribution in [3.63, 3.8) is 0 Å². The van der Waals surface area contributed by atoms with Crippen LogP contribution in [0.2, 0.25) is 5.02 Å². The largest absolute Gasteiger partial charge is 0.324 e. The van der Waals surface area contributed by atoms with Gasteiger partial charge in [0.1, 0.15) is 5.82 Å². The van der Waals surface area contributed by atoms with E-state index in [1.165, 1.54) is 54.6 Å². The third-order valence-corrected chi connectivity index (χ3v) is 7.55. The lowest BCUT2D eigenvalue weighted by atomic mass is 10.0. The van der Waals surface area contributed by atoms with Crippen molar-refractivity contribution < 1.29 is 22.4 Å². The molecule has 9 heteroatoms. The molecule has 0 saturated heterocycles. The standard InChI is InChI=1S/C28H22ClFN2O4S/c29-22-13-16-26(25(17-22)28(34)21-7-3-1-4-8-21)31-27(33)19-32(18-20-11-14-23(30)15-12-20)37(35,36)24-9-5-2-6-10-24/h1-17H,18-19H2,(H,31,33). The number of anilines is 1. The molecule has 37 heavy (non-hydrogen) atoms. The maximum absolute atomic E-state index is 13.4. The van der Waals surface area contributed by atoms with E-state index in [-0.39, 0.29) is 28.5 Å². The van der Waals surface area contributed by atoms with Gasteiger partial charge in [0.15, 0.2) is 5.78 Å². The molecule has 1 N–H and O–H groups in total. The Morgan fingerprint density at radius 2 is 1.46 bits per heavy atom. The van der Waals surface area contributed by atoms with Crippen molar-refractivity contribution >= 4 is 39.0 Å². The SMILES string of the molecule is O=C(CN(Cc1ccc(F)cc1)S(=O)(=O)c1ccccc1)Nc1ccc(Cl)cc1C(=O)c1ccccc1. The van der Waals surface area contributed by atoms with Crippen LogP contribution in [0, 0.1) is 5.82 Å². The van der Waals surface area contributed by atoms with Gasteiger partial charge < -0.3 is 5.32 Å². The van der Waals surface area contributed by atoms with Gasteiger partial charge in [-0.25, -0.2) is 12.8 Å². The van der Waals surface area contributed by atoms with Crippen molar-refractivity contribution in [2.24, 2.45) is 0 Å². The van der Waals surface area contributed by atoms with Gasteiger partial charge >= 0.3 is 0 Å². The number of sulfonamides is 1. The zero-order valence-electron chi connectivity index (χ0n) is 19.5. The first-order chi connectivity index (χ1) is 17.7.